The van der Waals surface area contributed by atoms with E-state index in [0.717, 1.165) is 4.88 Å². The first kappa shape index (κ1) is 17.7. The van der Waals surface area contributed by atoms with Gasteiger partial charge in [0, 0.05) is 5.02 Å². The fourth-order valence-corrected chi connectivity index (χ4v) is 3.02. The molecule has 2 aromatic heterocycles. The topological polar surface area (TPSA) is 74.5 Å². The average Bonchev–Trinajstić information content (AvgIpc) is 3.25. The molecule has 25 heavy (non-hydrogen) atoms. The molecule has 0 bridgehead atoms. The molecule has 0 N–H and O–H groups in total. The number of hydrogen-bond donors (Lipinski definition) is 0. The Morgan fingerprint density at radius 3 is 2.88 bits per heavy atom. The Hall–Kier alpha value is -2.09. The molecule has 1 aromatic carbocycles. The van der Waals surface area contributed by atoms with Crippen molar-refractivity contribution in [3.63, 3.8) is 0 Å². The van der Waals surface area contributed by atoms with Gasteiger partial charge in [0.05, 0.1) is 9.90 Å². The Labute approximate surface area is 157 Å². The van der Waals surface area contributed by atoms with Crippen molar-refractivity contribution in [3.8, 4) is 16.5 Å². The minimum Gasteiger partial charge on any atom is -0.480 e. The molecule has 130 valence electrons. The summed E-state index contributed by atoms with van der Waals surface area (Å²) in [6.45, 7) is 1.33. The molecule has 6 nitrogen and oxygen atoms in total. The first-order chi connectivity index (χ1) is 12.0. The number of benzene rings is 1. The van der Waals surface area contributed by atoms with Gasteiger partial charge in [-0.2, -0.15) is 0 Å². The molecule has 0 saturated carbocycles. The molecular formula is C16H12Cl2N2O4S. The molecule has 0 radical (unpaired) electrons. The van der Waals surface area contributed by atoms with Gasteiger partial charge in [-0.05, 0) is 36.6 Å². The van der Waals surface area contributed by atoms with E-state index in [1.165, 1.54) is 17.4 Å². The second-order valence-electron chi connectivity index (χ2n) is 4.92. The predicted octanol–water partition coefficient (Wildman–Crippen LogP) is 4.79. The lowest BCUT2D eigenvalue weighted by Crippen LogP contribution is -2.17. The van der Waals surface area contributed by atoms with Crippen LogP contribution in [0.15, 0.2) is 40.1 Å². The van der Waals surface area contributed by atoms with Crippen molar-refractivity contribution in [2.45, 2.75) is 13.0 Å². The first-order valence-electron chi connectivity index (χ1n) is 7.17. The van der Waals surface area contributed by atoms with Crippen molar-refractivity contribution >= 4 is 40.5 Å². The number of carbonyl (C=O) groups excluding carboxylic acids is 1. The lowest BCUT2D eigenvalue weighted by Gasteiger charge is -2.11. The molecule has 0 fully saturated rings. The lowest BCUT2D eigenvalue weighted by molar-refractivity contribution is -0.152. The van der Waals surface area contributed by atoms with Crippen molar-refractivity contribution in [3.05, 3.63) is 51.6 Å². The number of rotatable bonds is 6. The number of ether oxygens (including phenoxy) is 2. The van der Waals surface area contributed by atoms with Crippen LogP contribution >= 0.6 is 34.5 Å². The van der Waals surface area contributed by atoms with Crippen LogP contribution in [-0.2, 0) is 9.53 Å². The summed E-state index contributed by atoms with van der Waals surface area (Å²) in [7, 11) is 0. The van der Waals surface area contributed by atoms with E-state index in [1.54, 1.807) is 19.1 Å². The average molecular weight is 399 g/mol. The number of esters is 1. The third-order valence-electron chi connectivity index (χ3n) is 3.07. The van der Waals surface area contributed by atoms with Gasteiger partial charge in [-0.25, -0.2) is 4.79 Å². The number of nitrogens with zero attached hydrogens (tertiary/aromatic N) is 2. The van der Waals surface area contributed by atoms with Crippen molar-refractivity contribution < 1.29 is 18.7 Å². The second kappa shape index (κ2) is 7.86. The summed E-state index contributed by atoms with van der Waals surface area (Å²) in [6.07, 6.45) is -0.696. The van der Waals surface area contributed by atoms with Gasteiger partial charge in [0.25, 0.3) is 11.8 Å². The van der Waals surface area contributed by atoms with Crippen molar-refractivity contribution in [1.29, 1.82) is 0 Å². The third-order valence-corrected chi connectivity index (χ3v) is 4.46. The number of thiophene rings is 1. The largest absolute Gasteiger partial charge is 0.480 e. The number of hydrogen-bond acceptors (Lipinski definition) is 7. The SMILES string of the molecule is C[C@@H](OC(=O)COc1ccc(Cl)cc1Cl)c1nnc(-c2cccs2)o1. The zero-order chi connectivity index (χ0) is 17.8. The van der Waals surface area contributed by atoms with E-state index in [4.69, 9.17) is 37.1 Å². The molecule has 2 heterocycles. The third kappa shape index (κ3) is 4.50. The van der Waals surface area contributed by atoms with E-state index >= 15 is 0 Å². The summed E-state index contributed by atoms with van der Waals surface area (Å²) in [4.78, 5) is 12.8. The van der Waals surface area contributed by atoms with Crippen LogP contribution in [0.3, 0.4) is 0 Å². The Bertz CT molecular complexity index is 867. The summed E-state index contributed by atoms with van der Waals surface area (Å²) >= 11 is 13.3. The van der Waals surface area contributed by atoms with Gasteiger partial charge in [-0.3, -0.25) is 0 Å². The van der Waals surface area contributed by atoms with Crippen LogP contribution in [0, 0.1) is 0 Å². The molecule has 3 aromatic rings. The van der Waals surface area contributed by atoms with Crippen LogP contribution in [0.4, 0.5) is 0 Å². The van der Waals surface area contributed by atoms with E-state index in [0.29, 0.717) is 21.7 Å². The molecule has 1 atom stereocenters. The molecule has 3 rings (SSSR count). The normalized spacial score (nSPS) is 12.0. The van der Waals surface area contributed by atoms with E-state index < -0.39 is 12.1 Å². The van der Waals surface area contributed by atoms with E-state index in [9.17, 15) is 4.79 Å². The molecule has 0 aliphatic heterocycles. The standard InChI is InChI=1S/C16H12Cl2N2O4S/c1-9(15-19-20-16(24-15)13-3-2-6-25-13)23-14(21)8-22-12-5-4-10(17)7-11(12)18/h2-7,9H,8H2,1H3/t9-/m1/s1. The van der Waals surface area contributed by atoms with Gasteiger partial charge in [0.15, 0.2) is 12.7 Å². The number of aromatic nitrogens is 2. The van der Waals surface area contributed by atoms with Gasteiger partial charge in [0.1, 0.15) is 5.75 Å². The Morgan fingerprint density at radius 2 is 2.16 bits per heavy atom. The minimum absolute atomic E-state index is 0.210. The fourth-order valence-electron chi connectivity index (χ4n) is 1.91. The maximum Gasteiger partial charge on any atom is 0.344 e. The number of carbonyl (C=O) groups is 1. The van der Waals surface area contributed by atoms with Gasteiger partial charge in [-0.15, -0.1) is 21.5 Å². The van der Waals surface area contributed by atoms with Crippen LogP contribution in [0.25, 0.3) is 10.8 Å². The Morgan fingerprint density at radius 1 is 1.32 bits per heavy atom. The van der Waals surface area contributed by atoms with Gasteiger partial charge >= 0.3 is 5.97 Å². The van der Waals surface area contributed by atoms with Crippen molar-refractivity contribution in [2.75, 3.05) is 6.61 Å². The number of halogens is 2. The maximum atomic E-state index is 11.9. The Kier molecular flexibility index (Phi) is 5.57. The molecule has 0 aliphatic carbocycles. The maximum absolute atomic E-state index is 11.9. The van der Waals surface area contributed by atoms with Crippen LogP contribution in [0.5, 0.6) is 5.75 Å². The van der Waals surface area contributed by atoms with Crippen LogP contribution in [-0.4, -0.2) is 22.8 Å². The van der Waals surface area contributed by atoms with Crippen LogP contribution < -0.4 is 4.74 Å². The minimum atomic E-state index is -0.696. The van der Waals surface area contributed by atoms with Crippen LogP contribution in [0.2, 0.25) is 10.0 Å². The zero-order valence-corrected chi connectivity index (χ0v) is 15.3. The Balaban J connectivity index is 1.55. The molecule has 0 spiro atoms. The van der Waals surface area contributed by atoms with E-state index in [2.05, 4.69) is 10.2 Å². The quantitative estimate of drug-likeness (QED) is 0.555. The van der Waals surface area contributed by atoms with Gasteiger partial charge in [0.2, 0.25) is 0 Å². The van der Waals surface area contributed by atoms with Crippen molar-refractivity contribution in [2.24, 2.45) is 0 Å². The highest BCUT2D eigenvalue weighted by atomic mass is 35.5. The molecule has 0 saturated heterocycles. The predicted molar refractivity (Wildman–Crippen MR) is 94.1 cm³/mol. The van der Waals surface area contributed by atoms with Gasteiger partial charge in [-0.1, -0.05) is 29.3 Å². The summed E-state index contributed by atoms with van der Waals surface area (Å²) in [6, 6.07) is 8.46. The highest BCUT2D eigenvalue weighted by Crippen LogP contribution is 2.28. The summed E-state index contributed by atoms with van der Waals surface area (Å²) < 4.78 is 16.1. The molecular weight excluding hydrogens is 387 g/mol. The lowest BCUT2D eigenvalue weighted by atomic mass is 10.3. The summed E-state index contributed by atoms with van der Waals surface area (Å²) in [5.74, 6) is 0.348. The smallest absolute Gasteiger partial charge is 0.344 e. The van der Waals surface area contributed by atoms with Crippen LogP contribution in [0.1, 0.15) is 18.9 Å². The molecule has 0 aliphatic rings. The molecule has 0 unspecified atom stereocenters. The molecule has 9 heteroatoms. The summed E-state index contributed by atoms with van der Waals surface area (Å²) in [5, 5.41) is 10.5. The second-order valence-corrected chi connectivity index (χ2v) is 6.71. The highest BCUT2D eigenvalue weighted by molar-refractivity contribution is 7.13. The van der Waals surface area contributed by atoms with E-state index in [1.807, 2.05) is 17.5 Å². The first-order valence-corrected chi connectivity index (χ1v) is 8.81. The fraction of sp³-hybridized carbons (Fsp3) is 0.188. The zero-order valence-electron chi connectivity index (χ0n) is 12.9. The summed E-state index contributed by atoms with van der Waals surface area (Å²) in [5.41, 5.74) is 0. The monoisotopic (exact) mass is 398 g/mol. The van der Waals surface area contributed by atoms with Gasteiger partial charge < -0.3 is 13.9 Å². The highest BCUT2D eigenvalue weighted by Gasteiger charge is 2.20. The molecule has 0 amide bonds. The van der Waals surface area contributed by atoms with E-state index in [-0.39, 0.29) is 12.5 Å². The van der Waals surface area contributed by atoms with Crippen molar-refractivity contribution in [1.82, 2.24) is 10.2 Å².